The fourth-order valence-electron chi connectivity index (χ4n) is 5.09. The van der Waals surface area contributed by atoms with Crippen LogP contribution in [0.5, 0.6) is 5.75 Å². The molecule has 0 N–H and O–H groups in total. The first-order chi connectivity index (χ1) is 18.3. The Morgan fingerprint density at radius 1 is 1.16 bits per heavy atom. The second-order valence-electron chi connectivity index (χ2n) is 9.91. The lowest BCUT2D eigenvalue weighted by atomic mass is 9.92. The fraction of sp³-hybridized carbons (Fsp3) is 0.290. The number of carbonyl (C=O) groups excluding carboxylic acids is 2. The van der Waals surface area contributed by atoms with Gasteiger partial charge in [-0.3, -0.25) is 14.5 Å². The van der Waals surface area contributed by atoms with Gasteiger partial charge in [-0.1, -0.05) is 31.5 Å². The lowest BCUT2D eigenvalue weighted by Crippen LogP contribution is -2.43. The number of ether oxygens (including phenoxy) is 1. The summed E-state index contributed by atoms with van der Waals surface area (Å²) in [5.41, 5.74) is 6.13. The highest BCUT2D eigenvalue weighted by atomic mass is 16.5. The first-order valence-electron chi connectivity index (χ1n) is 13.0. The number of rotatable bonds is 6. The Morgan fingerprint density at radius 2 is 1.92 bits per heavy atom. The molecule has 38 heavy (non-hydrogen) atoms. The Hall–Kier alpha value is -4.44. The summed E-state index contributed by atoms with van der Waals surface area (Å²) in [5, 5.41) is 14.7. The van der Waals surface area contributed by atoms with Gasteiger partial charge in [0.25, 0.3) is 11.8 Å². The first-order valence-corrected chi connectivity index (χ1v) is 13.0. The lowest BCUT2D eigenvalue weighted by molar-refractivity contribution is -0.140. The average molecular weight is 507 g/mol. The topological polar surface area (TPSA) is 88.2 Å². The van der Waals surface area contributed by atoms with E-state index in [1.807, 2.05) is 56.4 Å². The highest BCUT2D eigenvalue weighted by Crippen LogP contribution is 2.38. The first kappa shape index (κ1) is 25.2. The van der Waals surface area contributed by atoms with Crippen LogP contribution in [-0.4, -0.2) is 39.1 Å². The van der Waals surface area contributed by atoms with Crippen LogP contribution in [0.2, 0.25) is 0 Å². The van der Waals surface area contributed by atoms with Crippen LogP contribution in [-0.2, 0) is 16.0 Å². The van der Waals surface area contributed by atoms with Crippen molar-refractivity contribution in [1.29, 1.82) is 5.26 Å². The van der Waals surface area contributed by atoms with Gasteiger partial charge in [0.2, 0.25) is 0 Å². The van der Waals surface area contributed by atoms with Gasteiger partial charge in [-0.25, -0.2) is 4.68 Å². The summed E-state index contributed by atoms with van der Waals surface area (Å²) < 4.78 is 7.80. The maximum atomic E-state index is 13.5. The number of unbranched alkanes of at least 4 members (excludes halogenated alkanes) is 1. The van der Waals surface area contributed by atoms with Gasteiger partial charge in [0.15, 0.2) is 0 Å². The molecule has 0 saturated heterocycles. The molecule has 2 aliphatic rings. The van der Waals surface area contributed by atoms with Crippen molar-refractivity contribution in [1.82, 2.24) is 14.7 Å². The molecule has 5 rings (SSSR count). The maximum Gasteiger partial charge on any atom is 0.271 e. The molecule has 0 saturated carbocycles. The van der Waals surface area contributed by atoms with E-state index in [0.717, 1.165) is 46.5 Å². The highest BCUT2D eigenvalue weighted by molar-refractivity contribution is 6.19. The molecular weight excluding hydrogens is 476 g/mol. The third kappa shape index (κ3) is 4.43. The van der Waals surface area contributed by atoms with Crippen LogP contribution in [0.4, 0.5) is 0 Å². The van der Waals surface area contributed by atoms with E-state index in [9.17, 15) is 14.9 Å². The molecule has 1 unspecified atom stereocenters. The molecule has 1 aromatic heterocycles. The average Bonchev–Trinajstić information content (AvgIpc) is 3.50. The zero-order chi connectivity index (χ0) is 27.0. The third-order valence-electron chi connectivity index (χ3n) is 7.08. The minimum Gasteiger partial charge on any atom is -0.490 e. The number of hydrogen-bond acceptors (Lipinski definition) is 5. The third-order valence-corrected chi connectivity index (χ3v) is 7.08. The van der Waals surface area contributed by atoms with Crippen molar-refractivity contribution >= 4 is 17.9 Å². The Balaban J connectivity index is 1.69. The monoisotopic (exact) mass is 506 g/mol. The molecule has 2 amide bonds. The van der Waals surface area contributed by atoms with Gasteiger partial charge in [0.05, 0.1) is 11.4 Å². The van der Waals surface area contributed by atoms with E-state index in [0.29, 0.717) is 23.3 Å². The van der Waals surface area contributed by atoms with Crippen LogP contribution < -0.4 is 4.74 Å². The van der Waals surface area contributed by atoms with Gasteiger partial charge in [0.1, 0.15) is 23.5 Å². The maximum absolute atomic E-state index is 13.5. The summed E-state index contributed by atoms with van der Waals surface area (Å²) in [6.07, 6.45) is 6.10. The van der Waals surface area contributed by atoms with Gasteiger partial charge >= 0.3 is 0 Å². The number of nitrogens with zero attached hydrogens (tertiary/aromatic N) is 4. The number of para-hydroxylation sites is 1. The van der Waals surface area contributed by atoms with E-state index in [-0.39, 0.29) is 24.1 Å². The van der Waals surface area contributed by atoms with Crippen molar-refractivity contribution < 1.29 is 14.3 Å². The van der Waals surface area contributed by atoms with E-state index < -0.39 is 5.91 Å². The number of nitriles is 1. The minimum atomic E-state index is -0.524. The van der Waals surface area contributed by atoms with E-state index in [1.54, 1.807) is 17.7 Å². The molecule has 1 atom stereocenters. The standard InChI is InChI=1S/C31H30N4O3/c1-5-6-12-34-30(36)26(21(4)27(17-32)31(34)37)16-24-18-35(25-10-8-7-9-11-25)33-28(24)22-13-19(2)29-23(15-22)14-20(3)38-29/h7-11,13,15-16,18,20H,5-6,12,14H2,1-4H3/b26-16-. The number of fused-ring (bicyclic) bond motifs is 1. The van der Waals surface area contributed by atoms with Crippen molar-refractivity contribution in [2.45, 2.75) is 53.1 Å². The van der Waals surface area contributed by atoms with Crippen LogP contribution in [0.1, 0.15) is 50.3 Å². The van der Waals surface area contributed by atoms with E-state index in [2.05, 4.69) is 19.1 Å². The number of amides is 2. The van der Waals surface area contributed by atoms with Crippen LogP contribution in [0.25, 0.3) is 23.0 Å². The fourth-order valence-corrected chi connectivity index (χ4v) is 5.09. The normalized spacial score (nSPS) is 18.1. The molecule has 7 nitrogen and oxygen atoms in total. The molecule has 0 bridgehead atoms. The zero-order valence-electron chi connectivity index (χ0n) is 22.1. The Bertz CT molecular complexity index is 1540. The number of hydrogen-bond donors (Lipinski definition) is 0. The zero-order valence-corrected chi connectivity index (χ0v) is 22.1. The van der Waals surface area contributed by atoms with E-state index >= 15 is 0 Å². The summed E-state index contributed by atoms with van der Waals surface area (Å²) in [6, 6.07) is 16.0. The SMILES string of the molecule is CCCCN1C(=O)C(C#N)=C(C)/C(=C/c2cn(-c3ccccc3)nc2-c2cc(C)c3c(c2)CC(C)O3)C1=O. The predicted molar refractivity (Wildman–Crippen MR) is 145 cm³/mol. The van der Waals surface area contributed by atoms with Crippen molar-refractivity contribution in [2.24, 2.45) is 0 Å². The smallest absolute Gasteiger partial charge is 0.271 e. The van der Waals surface area contributed by atoms with Gasteiger partial charge in [-0.15, -0.1) is 0 Å². The second kappa shape index (κ2) is 10.1. The number of imide groups is 1. The molecule has 3 heterocycles. The Labute approximate surface area is 222 Å². The summed E-state index contributed by atoms with van der Waals surface area (Å²) in [4.78, 5) is 27.6. The highest BCUT2D eigenvalue weighted by Gasteiger charge is 2.35. The molecular formula is C31H30N4O3. The van der Waals surface area contributed by atoms with E-state index in [4.69, 9.17) is 9.84 Å². The largest absolute Gasteiger partial charge is 0.490 e. The van der Waals surface area contributed by atoms with Crippen molar-refractivity contribution in [3.05, 3.63) is 82.1 Å². The summed E-state index contributed by atoms with van der Waals surface area (Å²) in [6.45, 7) is 8.03. The quantitative estimate of drug-likeness (QED) is 0.322. The molecule has 192 valence electrons. The van der Waals surface area contributed by atoms with Crippen molar-refractivity contribution in [3.63, 3.8) is 0 Å². The minimum absolute atomic E-state index is 0.00321. The van der Waals surface area contributed by atoms with Crippen LogP contribution in [0.15, 0.2) is 65.4 Å². The molecule has 0 radical (unpaired) electrons. The molecule has 0 aliphatic carbocycles. The van der Waals surface area contributed by atoms with E-state index in [1.165, 1.54) is 4.90 Å². The summed E-state index contributed by atoms with van der Waals surface area (Å²) >= 11 is 0. The van der Waals surface area contributed by atoms with Gasteiger partial charge < -0.3 is 4.74 Å². The molecule has 2 aromatic carbocycles. The van der Waals surface area contributed by atoms with Gasteiger partial charge in [-0.05, 0) is 74.2 Å². The van der Waals surface area contributed by atoms with Crippen LogP contribution in [0, 0.1) is 18.3 Å². The molecule has 7 heteroatoms. The molecule has 2 aliphatic heterocycles. The van der Waals surface area contributed by atoms with Crippen LogP contribution >= 0.6 is 0 Å². The van der Waals surface area contributed by atoms with Crippen molar-refractivity contribution in [3.8, 4) is 28.8 Å². The summed E-state index contributed by atoms with van der Waals surface area (Å²) in [7, 11) is 0. The van der Waals surface area contributed by atoms with Gasteiger partial charge in [0, 0.05) is 35.9 Å². The van der Waals surface area contributed by atoms with Crippen LogP contribution in [0.3, 0.4) is 0 Å². The number of aryl methyl sites for hydroxylation is 1. The number of carbonyl (C=O) groups is 2. The molecule has 3 aromatic rings. The van der Waals surface area contributed by atoms with Gasteiger partial charge in [-0.2, -0.15) is 10.4 Å². The number of benzene rings is 2. The summed E-state index contributed by atoms with van der Waals surface area (Å²) in [5.74, 6) is 0.0171. The Kier molecular flexibility index (Phi) is 6.73. The predicted octanol–water partition coefficient (Wildman–Crippen LogP) is 5.56. The lowest BCUT2D eigenvalue weighted by Gasteiger charge is -2.27. The Morgan fingerprint density at radius 3 is 2.63 bits per heavy atom. The molecule has 0 fully saturated rings. The second-order valence-corrected chi connectivity index (χ2v) is 9.91. The van der Waals surface area contributed by atoms with Crippen molar-refractivity contribution in [2.75, 3.05) is 6.54 Å². The number of aromatic nitrogens is 2. The molecule has 0 spiro atoms.